The molecule has 2 aliphatic rings. The van der Waals surface area contributed by atoms with Gasteiger partial charge in [0.25, 0.3) is 11.1 Å². The number of thioether (sulfide) groups is 1. The highest BCUT2D eigenvalue weighted by atomic mass is 32.2. The van der Waals surface area contributed by atoms with Gasteiger partial charge in [-0.15, -0.1) is 11.3 Å². The number of anilines is 1. The lowest BCUT2D eigenvalue weighted by Crippen LogP contribution is -2.40. The lowest BCUT2D eigenvalue weighted by molar-refractivity contribution is -0.122. The summed E-state index contributed by atoms with van der Waals surface area (Å²) in [6, 6.07) is 10.1. The minimum absolute atomic E-state index is 0.172. The molecule has 4 rings (SSSR count). The molecule has 2 amide bonds. The van der Waals surface area contributed by atoms with Crippen molar-refractivity contribution in [3.63, 3.8) is 0 Å². The summed E-state index contributed by atoms with van der Waals surface area (Å²) in [5.41, 5.74) is 0.614. The predicted octanol–water partition coefficient (Wildman–Crippen LogP) is 2.79. The van der Waals surface area contributed by atoms with Crippen LogP contribution < -0.4 is 10.6 Å². The number of rotatable bonds is 7. The van der Waals surface area contributed by atoms with Crippen molar-refractivity contribution in [3.8, 4) is 0 Å². The molecule has 0 bridgehead atoms. The molecule has 2 fully saturated rings. The number of sulfonamides is 1. The number of morpholine rings is 1. The number of carbonyl (C=O) groups excluding carboxylic acids is 2. The molecule has 0 saturated carbocycles. The summed E-state index contributed by atoms with van der Waals surface area (Å²) in [7, 11) is -3.56. The van der Waals surface area contributed by atoms with Crippen molar-refractivity contribution in [1.82, 2.24) is 14.5 Å². The molecule has 2 aliphatic heterocycles. The number of hydrogen-bond acceptors (Lipinski definition) is 8. The summed E-state index contributed by atoms with van der Waals surface area (Å²) < 4.78 is 32.0. The summed E-state index contributed by atoms with van der Waals surface area (Å²) in [5.74, 6) is -0.318. The van der Waals surface area contributed by atoms with E-state index in [1.54, 1.807) is 18.2 Å². The Bertz CT molecular complexity index is 1190. The standard InChI is InChI=1S/C21H22N4O5S4/c26-19-18(14-16-2-1-13-32-16)33-21(27)25(19)8-7-22-20(31)23-15-3-5-17(6-4-15)34(28,29)24-9-11-30-12-10-24/h1-6,13-14H,7-12H2,(H2,22,23,31)/b18-14-. The van der Waals surface area contributed by atoms with Crippen molar-refractivity contribution < 1.29 is 22.7 Å². The maximum atomic E-state index is 12.7. The van der Waals surface area contributed by atoms with Crippen LogP contribution in [0.25, 0.3) is 6.08 Å². The molecule has 2 N–H and O–H groups in total. The first-order chi connectivity index (χ1) is 16.3. The first-order valence-electron chi connectivity index (χ1n) is 10.4. The molecule has 13 heteroatoms. The molecule has 0 spiro atoms. The topological polar surface area (TPSA) is 108 Å². The Morgan fingerprint density at radius 3 is 2.56 bits per heavy atom. The third-order valence-corrected chi connectivity index (χ3v) is 8.92. The van der Waals surface area contributed by atoms with E-state index < -0.39 is 10.0 Å². The number of carbonyl (C=O) groups is 2. The van der Waals surface area contributed by atoms with E-state index in [2.05, 4.69) is 10.6 Å². The van der Waals surface area contributed by atoms with Crippen LogP contribution >= 0.6 is 35.3 Å². The van der Waals surface area contributed by atoms with Gasteiger partial charge in [-0.3, -0.25) is 14.5 Å². The molecule has 9 nitrogen and oxygen atoms in total. The van der Waals surface area contributed by atoms with Crippen LogP contribution in [0.15, 0.2) is 51.6 Å². The number of thiocarbonyl (C=S) groups is 1. The van der Waals surface area contributed by atoms with E-state index in [9.17, 15) is 18.0 Å². The molecular formula is C21H22N4O5S4. The van der Waals surface area contributed by atoms with E-state index in [0.29, 0.717) is 42.0 Å². The zero-order valence-corrected chi connectivity index (χ0v) is 21.2. The van der Waals surface area contributed by atoms with Crippen LogP contribution in [0.3, 0.4) is 0 Å². The third kappa shape index (κ3) is 5.85. The van der Waals surface area contributed by atoms with Crippen molar-refractivity contribution in [2.24, 2.45) is 0 Å². The van der Waals surface area contributed by atoms with E-state index in [-0.39, 0.29) is 29.1 Å². The number of imide groups is 1. The Labute approximate surface area is 211 Å². The van der Waals surface area contributed by atoms with Crippen LogP contribution in [-0.2, 0) is 19.6 Å². The van der Waals surface area contributed by atoms with Gasteiger partial charge in [0.1, 0.15) is 0 Å². The van der Waals surface area contributed by atoms with Crippen molar-refractivity contribution in [1.29, 1.82) is 0 Å². The Morgan fingerprint density at radius 2 is 1.88 bits per heavy atom. The SMILES string of the molecule is O=C1S/C(=C\c2cccs2)C(=O)N1CCNC(=S)Nc1ccc(S(=O)(=O)N2CCOCC2)cc1. The number of ether oxygens (including phenoxy) is 1. The number of hydrogen-bond donors (Lipinski definition) is 2. The Hall–Kier alpha value is -2.29. The molecule has 180 valence electrons. The zero-order valence-electron chi connectivity index (χ0n) is 17.9. The molecule has 3 heterocycles. The maximum absolute atomic E-state index is 12.7. The Balaban J connectivity index is 1.26. The fraction of sp³-hybridized carbons (Fsp3) is 0.286. The van der Waals surface area contributed by atoms with E-state index in [0.717, 1.165) is 16.6 Å². The van der Waals surface area contributed by atoms with Gasteiger partial charge < -0.3 is 15.4 Å². The van der Waals surface area contributed by atoms with Crippen LogP contribution in [0.1, 0.15) is 4.88 Å². The van der Waals surface area contributed by atoms with Gasteiger partial charge >= 0.3 is 0 Å². The van der Waals surface area contributed by atoms with Crippen LogP contribution in [0, 0.1) is 0 Å². The van der Waals surface area contributed by atoms with Gasteiger partial charge in [-0.2, -0.15) is 4.31 Å². The molecule has 0 unspecified atom stereocenters. The van der Waals surface area contributed by atoms with Gasteiger partial charge in [-0.05, 0) is 65.8 Å². The van der Waals surface area contributed by atoms with Gasteiger partial charge in [0.2, 0.25) is 10.0 Å². The van der Waals surface area contributed by atoms with Crippen molar-refractivity contribution >= 4 is 73.4 Å². The number of thiophene rings is 1. The van der Waals surface area contributed by atoms with Crippen molar-refractivity contribution in [2.45, 2.75) is 4.90 Å². The second-order valence-corrected chi connectivity index (χ2v) is 11.6. The average Bonchev–Trinajstić information content (AvgIpc) is 3.43. The average molecular weight is 539 g/mol. The lowest BCUT2D eigenvalue weighted by atomic mass is 10.3. The van der Waals surface area contributed by atoms with E-state index in [1.807, 2.05) is 17.5 Å². The molecule has 0 aliphatic carbocycles. The van der Waals surface area contributed by atoms with Crippen LogP contribution in [0.5, 0.6) is 0 Å². The first kappa shape index (κ1) is 24.8. The fourth-order valence-corrected chi connectivity index (χ4v) is 6.51. The molecule has 34 heavy (non-hydrogen) atoms. The van der Waals surface area contributed by atoms with E-state index in [1.165, 1.54) is 32.7 Å². The predicted molar refractivity (Wildman–Crippen MR) is 137 cm³/mol. The summed E-state index contributed by atoms with van der Waals surface area (Å²) in [6.45, 7) is 1.89. The molecule has 2 saturated heterocycles. The number of benzene rings is 1. The Kier molecular flexibility index (Phi) is 8.01. The number of nitrogens with one attached hydrogen (secondary N) is 2. The summed E-state index contributed by atoms with van der Waals surface area (Å²) in [4.78, 5) is 27.4. The summed E-state index contributed by atoms with van der Waals surface area (Å²) in [5, 5.41) is 7.83. The van der Waals surface area contributed by atoms with Gasteiger partial charge in [0.15, 0.2) is 5.11 Å². The molecular weight excluding hydrogens is 517 g/mol. The van der Waals surface area contributed by atoms with Gasteiger partial charge in [-0.1, -0.05) is 6.07 Å². The summed E-state index contributed by atoms with van der Waals surface area (Å²) in [6.07, 6.45) is 1.72. The minimum atomic E-state index is -3.56. The zero-order chi connectivity index (χ0) is 24.1. The van der Waals surface area contributed by atoms with Gasteiger partial charge in [-0.25, -0.2) is 8.42 Å². The van der Waals surface area contributed by atoms with Crippen LogP contribution in [-0.4, -0.2) is 73.3 Å². The molecule has 1 aromatic heterocycles. The highest BCUT2D eigenvalue weighted by Crippen LogP contribution is 2.32. The molecule has 1 aromatic carbocycles. The third-order valence-electron chi connectivity index (χ3n) is 5.03. The first-order valence-corrected chi connectivity index (χ1v) is 13.9. The summed E-state index contributed by atoms with van der Waals surface area (Å²) >= 11 is 7.70. The second-order valence-electron chi connectivity index (χ2n) is 7.27. The number of amides is 2. The highest BCUT2D eigenvalue weighted by molar-refractivity contribution is 8.18. The Morgan fingerprint density at radius 1 is 1.15 bits per heavy atom. The van der Waals surface area contributed by atoms with Crippen molar-refractivity contribution in [2.75, 3.05) is 44.7 Å². The molecule has 2 aromatic rings. The molecule has 0 radical (unpaired) electrons. The number of nitrogens with zero attached hydrogens (tertiary/aromatic N) is 2. The minimum Gasteiger partial charge on any atom is -0.379 e. The van der Waals surface area contributed by atoms with Gasteiger partial charge in [0, 0.05) is 36.7 Å². The fourth-order valence-electron chi connectivity index (χ4n) is 3.30. The largest absolute Gasteiger partial charge is 0.379 e. The second kappa shape index (κ2) is 11.0. The molecule has 0 atom stereocenters. The lowest BCUT2D eigenvalue weighted by Gasteiger charge is -2.26. The van der Waals surface area contributed by atoms with E-state index in [4.69, 9.17) is 17.0 Å². The monoisotopic (exact) mass is 538 g/mol. The maximum Gasteiger partial charge on any atom is 0.293 e. The smallest absolute Gasteiger partial charge is 0.293 e. The van der Waals surface area contributed by atoms with E-state index >= 15 is 0 Å². The quantitative estimate of drug-likeness (QED) is 0.406. The normalized spacial score (nSPS) is 18.5. The van der Waals surface area contributed by atoms with Crippen molar-refractivity contribution in [3.05, 3.63) is 51.6 Å². The highest BCUT2D eigenvalue weighted by Gasteiger charge is 2.34. The van der Waals surface area contributed by atoms with Crippen LogP contribution in [0.2, 0.25) is 0 Å². The van der Waals surface area contributed by atoms with Gasteiger partial charge in [0.05, 0.1) is 23.0 Å². The van der Waals surface area contributed by atoms with Crippen LogP contribution in [0.4, 0.5) is 10.5 Å².